The molecule has 2 atom stereocenters. The minimum atomic E-state index is -0.114. The number of rotatable bonds is 7. The van der Waals surface area contributed by atoms with Crippen molar-refractivity contribution in [3.05, 3.63) is 70.0 Å². The van der Waals surface area contributed by atoms with Gasteiger partial charge in [0.15, 0.2) is 0 Å². The van der Waals surface area contributed by atoms with Gasteiger partial charge in [-0.15, -0.1) is 0 Å². The van der Waals surface area contributed by atoms with Crippen molar-refractivity contribution in [1.29, 1.82) is 0 Å². The third-order valence-corrected chi connectivity index (χ3v) is 6.74. The number of carbonyl (C=O) groups is 1. The summed E-state index contributed by atoms with van der Waals surface area (Å²) in [6.45, 7) is 8.30. The highest BCUT2D eigenvalue weighted by Gasteiger charge is 2.25. The molecule has 1 aliphatic heterocycles. The van der Waals surface area contributed by atoms with Gasteiger partial charge in [0.1, 0.15) is 5.82 Å². The van der Waals surface area contributed by atoms with Crippen molar-refractivity contribution in [3.63, 3.8) is 0 Å². The first-order valence-electron chi connectivity index (χ1n) is 11.3. The predicted octanol–water partition coefficient (Wildman–Crippen LogP) is 5.39. The Hall–Kier alpha value is -2.54. The van der Waals surface area contributed by atoms with Crippen molar-refractivity contribution in [2.45, 2.75) is 32.2 Å². The highest BCUT2D eigenvalue weighted by Crippen LogP contribution is 2.27. The first-order valence-corrected chi connectivity index (χ1v) is 12.0. The lowest BCUT2D eigenvalue weighted by molar-refractivity contribution is 0.0669. The molecule has 0 aliphatic carbocycles. The molecule has 0 radical (unpaired) electrons. The number of H-pyrrole nitrogens is 1. The van der Waals surface area contributed by atoms with Gasteiger partial charge in [-0.2, -0.15) is 0 Å². The maximum Gasteiger partial charge on any atom is 0.255 e. The number of nitrogens with two attached hydrogens (primary N) is 1. The van der Waals surface area contributed by atoms with Crippen LogP contribution in [-0.4, -0.2) is 40.4 Å². The number of aromatic nitrogens is 2. The zero-order valence-corrected chi connectivity index (χ0v) is 20.2. The molecule has 6 nitrogen and oxygen atoms in total. The highest BCUT2D eigenvalue weighted by atomic mass is 35.5. The second kappa shape index (κ2) is 10.2. The van der Waals surface area contributed by atoms with E-state index in [-0.39, 0.29) is 11.9 Å². The standard InChI is InChI=1S/C25H29Cl2N5O/c1-15(29-16(2)24-30-22-8-6-19(26)13-23(22)31-24)18-5-7-20(21(27)12-18)25(33)32-11-3-4-17(14-32)9-10-28/h5-8,12-13,16-17,29H,1,3-4,9-11,14,28H2,2H3,(H,30,31). The summed E-state index contributed by atoms with van der Waals surface area (Å²) in [6.07, 6.45) is 3.06. The average Bonchev–Trinajstić information content (AvgIpc) is 3.22. The van der Waals surface area contributed by atoms with Gasteiger partial charge in [-0.25, -0.2) is 4.98 Å². The van der Waals surface area contributed by atoms with Gasteiger partial charge in [-0.1, -0.05) is 35.8 Å². The van der Waals surface area contributed by atoms with Crippen molar-refractivity contribution < 1.29 is 4.79 Å². The summed E-state index contributed by atoms with van der Waals surface area (Å²) in [7, 11) is 0. The fraction of sp³-hybridized carbons (Fsp3) is 0.360. The SMILES string of the molecule is C=C(NC(C)c1nc2cc(Cl)ccc2[nH]1)c1ccc(C(=O)N2CCCC(CCN)C2)c(Cl)c1. The number of nitrogens with one attached hydrogen (secondary N) is 2. The lowest BCUT2D eigenvalue weighted by atomic mass is 9.94. The van der Waals surface area contributed by atoms with Gasteiger partial charge in [0, 0.05) is 23.8 Å². The molecule has 8 heteroatoms. The maximum atomic E-state index is 13.1. The van der Waals surface area contributed by atoms with Crippen LogP contribution in [0.1, 0.15) is 54.0 Å². The first-order chi connectivity index (χ1) is 15.9. The minimum Gasteiger partial charge on any atom is -0.375 e. The summed E-state index contributed by atoms with van der Waals surface area (Å²) >= 11 is 12.6. The van der Waals surface area contributed by atoms with E-state index in [1.165, 1.54) is 0 Å². The molecule has 0 saturated carbocycles. The van der Waals surface area contributed by atoms with Crippen LogP contribution in [0.2, 0.25) is 10.0 Å². The highest BCUT2D eigenvalue weighted by molar-refractivity contribution is 6.34. The largest absolute Gasteiger partial charge is 0.375 e. The van der Waals surface area contributed by atoms with Crippen LogP contribution in [0, 0.1) is 5.92 Å². The summed E-state index contributed by atoms with van der Waals surface area (Å²) in [5.74, 6) is 1.22. The Morgan fingerprint density at radius 3 is 2.91 bits per heavy atom. The van der Waals surface area contributed by atoms with Crippen LogP contribution < -0.4 is 11.1 Å². The number of carbonyl (C=O) groups excluding carboxylic acids is 1. The predicted molar refractivity (Wildman–Crippen MR) is 135 cm³/mol. The third-order valence-electron chi connectivity index (χ3n) is 6.19. The topological polar surface area (TPSA) is 87.0 Å². The van der Waals surface area contributed by atoms with E-state index in [0.717, 1.165) is 54.8 Å². The number of nitrogens with zero attached hydrogens (tertiary/aromatic N) is 2. The van der Waals surface area contributed by atoms with Gasteiger partial charge < -0.3 is 20.9 Å². The van der Waals surface area contributed by atoms with E-state index >= 15 is 0 Å². The molecule has 2 aromatic carbocycles. The van der Waals surface area contributed by atoms with E-state index < -0.39 is 0 Å². The van der Waals surface area contributed by atoms with Gasteiger partial charge in [0.25, 0.3) is 5.91 Å². The monoisotopic (exact) mass is 485 g/mol. The van der Waals surface area contributed by atoms with Crippen molar-refractivity contribution in [1.82, 2.24) is 20.2 Å². The summed E-state index contributed by atoms with van der Waals surface area (Å²) in [5, 5.41) is 4.43. The van der Waals surface area contributed by atoms with Crippen LogP contribution in [0.5, 0.6) is 0 Å². The Morgan fingerprint density at radius 2 is 2.15 bits per heavy atom. The molecular weight excluding hydrogens is 457 g/mol. The number of fused-ring (bicyclic) bond motifs is 1. The summed E-state index contributed by atoms with van der Waals surface area (Å²) in [6, 6.07) is 10.9. The molecule has 0 spiro atoms. The summed E-state index contributed by atoms with van der Waals surface area (Å²) < 4.78 is 0. The van der Waals surface area contributed by atoms with Gasteiger partial charge in [0.05, 0.1) is 27.7 Å². The Morgan fingerprint density at radius 1 is 1.33 bits per heavy atom. The second-order valence-corrected chi connectivity index (χ2v) is 9.50. The van der Waals surface area contributed by atoms with Crippen LogP contribution in [0.4, 0.5) is 0 Å². The van der Waals surface area contributed by atoms with Crippen LogP contribution in [0.15, 0.2) is 43.0 Å². The smallest absolute Gasteiger partial charge is 0.255 e. The van der Waals surface area contributed by atoms with Gasteiger partial charge in [-0.3, -0.25) is 4.79 Å². The average molecular weight is 486 g/mol. The lowest BCUT2D eigenvalue weighted by Crippen LogP contribution is -2.40. The second-order valence-electron chi connectivity index (χ2n) is 8.66. The Bertz CT molecular complexity index is 1170. The van der Waals surface area contributed by atoms with E-state index in [1.54, 1.807) is 12.1 Å². The van der Waals surface area contributed by atoms with Crippen molar-refractivity contribution >= 4 is 45.8 Å². The molecule has 1 aliphatic rings. The van der Waals surface area contributed by atoms with Gasteiger partial charge in [0.2, 0.25) is 0 Å². The number of halogens is 2. The molecule has 174 valence electrons. The maximum absolute atomic E-state index is 13.1. The molecule has 1 amide bonds. The van der Waals surface area contributed by atoms with Crippen LogP contribution in [-0.2, 0) is 0 Å². The van der Waals surface area contributed by atoms with E-state index in [1.807, 2.05) is 36.1 Å². The number of imidazole rings is 1. The van der Waals surface area contributed by atoms with Crippen LogP contribution >= 0.6 is 23.2 Å². The fourth-order valence-corrected chi connectivity index (χ4v) is 4.81. The molecule has 2 unspecified atom stereocenters. The number of aromatic amines is 1. The zero-order chi connectivity index (χ0) is 23.5. The number of hydrogen-bond donors (Lipinski definition) is 3. The van der Waals surface area contributed by atoms with E-state index in [2.05, 4.69) is 21.9 Å². The van der Waals surface area contributed by atoms with E-state index in [0.29, 0.717) is 33.8 Å². The van der Waals surface area contributed by atoms with E-state index in [4.69, 9.17) is 28.9 Å². The fourth-order valence-electron chi connectivity index (χ4n) is 4.38. The van der Waals surface area contributed by atoms with Crippen LogP contribution in [0.3, 0.4) is 0 Å². The number of benzene rings is 2. The Labute approximate surface area is 204 Å². The molecule has 4 N–H and O–H groups in total. The zero-order valence-electron chi connectivity index (χ0n) is 18.7. The molecule has 1 fully saturated rings. The third kappa shape index (κ3) is 5.35. The first kappa shape index (κ1) is 23.6. The molecule has 4 rings (SSSR count). The Balaban J connectivity index is 1.44. The van der Waals surface area contributed by atoms with Crippen molar-refractivity contribution in [2.24, 2.45) is 11.7 Å². The molecule has 33 heavy (non-hydrogen) atoms. The summed E-state index contributed by atoms with van der Waals surface area (Å²) in [5.41, 5.74) is 9.48. The number of amides is 1. The van der Waals surface area contributed by atoms with Gasteiger partial charge >= 0.3 is 0 Å². The van der Waals surface area contributed by atoms with Gasteiger partial charge in [-0.05, 0) is 74.5 Å². The number of piperidine rings is 1. The van der Waals surface area contributed by atoms with Crippen LogP contribution in [0.25, 0.3) is 16.7 Å². The minimum absolute atomic E-state index is 0.0267. The van der Waals surface area contributed by atoms with E-state index in [9.17, 15) is 4.79 Å². The number of likely N-dealkylation sites (tertiary alicyclic amines) is 1. The molecule has 2 heterocycles. The molecule has 0 bridgehead atoms. The lowest BCUT2D eigenvalue weighted by Gasteiger charge is -2.33. The molecule has 1 saturated heterocycles. The summed E-state index contributed by atoms with van der Waals surface area (Å²) in [4.78, 5) is 22.9. The number of hydrogen-bond acceptors (Lipinski definition) is 4. The molecule has 1 aromatic heterocycles. The normalized spacial score (nSPS) is 17.2. The van der Waals surface area contributed by atoms with Crippen molar-refractivity contribution in [2.75, 3.05) is 19.6 Å². The van der Waals surface area contributed by atoms with Crippen molar-refractivity contribution in [3.8, 4) is 0 Å². The quantitative estimate of drug-likeness (QED) is 0.418. The molecular formula is C25H29Cl2N5O. The Kier molecular flexibility index (Phi) is 7.27. The molecule has 3 aromatic rings.